The van der Waals surface area contributed by atoms with Gasteiger partial charge in [-0.3, -0.25) is 4.99 Å². The van der Waals surface area contributed by atoms with Crippen molar-refractivity contribution in [1.29, 1.82) is 0 Å². The fourth-order valence-corrected chi connectivity index (χ4v) is 2.28. The number of aliphatic imine (C=N–C) groups is 1. The molecule has 0 radical (unpaired) electrons. The van der Waals surface area contributed by atoms with E-state index in [1.165, 1.54) is 12.8 Å². The lowest BCUT2D eigenvalue weighted by atomic mass is 10.2. The van der Waals surface area contributed by atoms with Crippen molar-refractivity contribution in [2.24, 2.45) is 4.99 Å². The highest BCUT2D eigenvalue weighted by molar-refractivity contribution is 6.31. The number of hydrogen-bond donors (Lipinski definition) is 1. The quantitative estimate of drug-likeness (QED) is 0.646. The zero-order valence-electron chi connectivity index (χ0n) is 10.1. The minimum absolute atomic E-state index is 0.725. The number of guanidine groups is 1. The molecule has 2 rings (SSSR count). The molecule has 1 aliphatic rings. The number of benzene rings is 1. The second-order valence-corrected chi connectivity index (χ2v) is 4.59. The van der Waals surface area contributed by atoms with Gasteiger partial charge in [0.1, 0.15) is 0 Å². The van der Waals surface area contributed by atoms with E-state index < -0.39 is 0 Å². The van der Waals surface area contributed by atoms with Crippen molar-refractivity contribution in [3.05, 3.63) is 34.9 Å². The highest BCUT2D eigenvalue weighted by Gasteiger charge is 2.15. The average Bonchev–Trinajstić information content (AvgIpc) is 2.86. The van der Waals surface area contributed by atoms with Crippen LogP contribution in [0.1, 0.15) is 18.4 Å². The van der Waals surface area contributed by atoms with Gasteiger partial charge in [0, 0.05) is 31.7 Å². The number of rotatable bonds is 2. The summed E-state index contributed by atoms with van der Waals surface area (Å²) in [5, 5.41) is 4.16. The Kier molecular flexibility index (Phi) is 4.26. The molecule has 1 aromatic rings. The normalized spacial score (nSPS) is 16.4. The molecular weight excluding hydrogens is 234 g/mol. The summed E-state index contributed by atoms with van der Waals surface area (Å²) in [6, 6.07) is 7.90. The summed E-state index contributed by atoms with van der Waals surface area (Å²) in [4.78, 5) is 6.59. The first-order valence-corrected chi connectivity index (χ1v) is 6.38. The van der Waals surface area contributed by atoms with Gasteiger partial charge in [0.15, 0.2) is 5.96 Å². The smallest absolute Gasteiger partial charge is 0.193 e. The Balaban J connectivity index is 1.94. The zero-order chi connectivity index (χ0) is 12.1. The molecule has 1 heterocycles. The van der Waals surface area contributed by atoms with Gasteiger partial charge in [0.25, 0.3) is 0 Å². The lowest BCUT2D eigenvalue weighted by Gasteiger charge is -2.21. The van der Waals surface area contributed by atoms with Gasteiger partial charge in [-0.2, -0.15) is 0 Å². The molecule has 0 aliphatic carbocycles. The van der Waals surface area contributed by atoms with Crippen LogP contribution in [0.2, 0.25) is 5.02 Å². The van der Waals surface area contributed by atoms with Crippen LogP contribution >= 0.6 is 11.6 Å². The predicted octanol–water partition coefficient (Wildman–Crippen LogP) is 2.51. The van der Waals surface area contributed by atoms with Crippen LogP contribution in [0.5, 0.6) is 0 Å². The monoisotopic (exact) mass is 251 g/mol. The van der Waals surface area contributed by atoms with Crippen molar-refractivity contribution in [1.82, 2.24) is 10.2 Å². The molecule has 0 atom stereocenters. The minimum Gasteiger partial charge on any atom is -0.352 e. The van der Waals surface area contributed by atoms with E-state index in [9.17, 15) is 0 Å². The maximum Gasteiger partial charge on any atom is 0.193 e. The first-order valence-electron chi connectivity index (χ1n) is 6.00. The molecule has 1 N–H and O–H groups in total. The topological polar surface area (TPSA) is 27.6 Å². The standard InChI is InChI=1S/C13H18ClN3/c1-15-13(17-8-4-5-9-17)16-10-11-6-2-3-7-12(11)14/h2-3,6-7H,4-5,8-10H2,1H3,(H,15,16). The summed E-state index contributed by atoms with van der Waals surface area (Å²) < 4.78 is 0. The second-order valence-electron chi connectivity index (χ2n) is 4.19. The molecule has 0 spiro atoms. The van der Waals surface area contributed by atoms with Crippen LogP contribution in [0, 0.1) is 0 Å². The molecule has 17 heavy (non-hydrogen) atoms. The number of likely N-dealkylation sites (tertiary alicyclic amines) is 1. The minimum atomic E-state index is 0.725. The molecule has 0 saturated carbocycles. The van der Waals surface area contributed by atoms with Gasteiger partial charge in [-0.25, -0.2) is 0 Å². The molecule has 4 heteroatoms. The molecule has 0 amide bonds. The van der Waals surface area contributed by atoms with Crippen LogP contribution in [-0.2, 0) is 6.54 Å². The summed E-state index contributed by atoms with van der Waals surface area (Å²) in [5.74, 6) is 0.974. The van der Waals surface area contributed by atoms with Crippen LogP contribution in [0.4, 0.5) is 0 Å². The SMILES string of the molecule is CN=C(NCc1ccccc1Cl)N1CCCC1. The Morgan fingerprint density at radius 3 is 2.71 bits per heavy atom. The fourth-order valence-electron chi connectivity index (χ4n) is 2.08. The van der Waals surface area contributed by atoms with E-state index in [4.69, 9.17) is 11.6 Å². The Morgan fingerprint density at radius 1 is 1.35 bits per heavy atom. The average molecular weight is 252 g/mol. The van der Waals surface area contributed by atoms with Crippen molar-refractivity contribution >= 4 is 17.6 Å². The van der Waals surface area contributed by atoms with Gasteiger partial charge in [-0.15, -0.1) is 0 Å². The lowest BCUT2D eigenvalue weighted by molar-refractivity contribution is 0.493. The molecule has 0 aromatic heterocycles. The van der Waals surface area contributed by atoms with Gasteiger partial charge >= 0.3 is 0 Å². The molecule has 1 aliphatic heterocycles. The van der Waals surface area contributed by atoms with E-state index in [0.717, 1.165) is 36.2 Å². The molecular formula is C13H18ClN3. The largest absolute Gasteiger partial charge is 0.352 e. The van der Waals surface area contributed by atoms with Crippen LogP contribution in [0.15, 0.2) is 29.3 Å². The van der Waals surface area contributed by atoms with Crippen LogP contribution in [0.3, 0.4) is 0 Å². The summed E-state index contributed by atoms with van der Waals surface area (Å²) in [7, 11) is 1.83. The number of halogens is 1. The van der Waals surface area contributed by atoms with Crippen molar-refractivity contribution < 1.29 is 0 Å². The Bertz CT molecular complexity index is 397. The van der Waals surface area contributed by atoms with Crippen molar-refractivity contribution in [2.45, 2.75) is 19.4 Å². The summed E-state index contributed by atoms with van der Waals surface area (Å²) in [5.41, 5.74) is 1.11. The summed E-state index contributed by atoms with van der Waals surface area (Å²) in [6.45, 7) is 2.92. The first kappa shape index (κ1) is 12.2. The van der Waals surface area contributed by atoms with Crippen molar-refractivity contribution in [3.8, 4) is 0 Å². The van der Waals surface area contributed by atoms with Crippen LogP contribution in [0.25, 0.3) is 0 Å². The second kappa shape index (κ2) is 5.92. The van der Waals surface area contributed by atoms with E-state index in [0.29, 0.717) is 0 Å². The van der Waals surface area contributed by atoms with Crippen molar-refractivity contribution in [3.63, 3.8) is 0 Å². The lowest BCUT2D eigenvalue weighted by Crippen LogP contribution is -2.39. The van der Waals surface area contributed by atoms with Gasteiger partial charge in [-0.1, -0.05) is 29.8 Å². The maximum atomic E-state index is 6.12. The Morgan fingerprint density at radius 2 is 2.06 bits per heavy atom. The van der Waals surface area contributed by atoms with E-state index in [-0.39, 0.29) is 0 Å². The highest BCUT2D eigenvalue weighted by Crippen LogP contribution is 2.14. The van der Waals surface area contributed by atoms with Crippen LogP contribution < -0.4 is 5.32 Å². The third kappa shape index (κ3) is 3.13. The van der Waals surface area contributed by atoms with Crippen LogP contribution in [-0.4, -0.2) is 31.0 Å². The van der Waals surface area contributed by atoms with Gasteiger partial charge < -0.3 is 10.2 Å². The Labute approximate surface area is 107 Å². The number of hydrogen-bond acceptors (Lipinski definition) is 1. The molecule has 92 valence electrons. The molecule has 0 unspecified atom stereocenters. The maximum absolute atomic E-state index is 6.12. The fraction of sp³-hybridized carbons (Fsp3) is 0.462. The first-order chi connectivity index (χ1) is 8.31. The Hall–Kier alpha value is -1.22. The summed E-state index contributed by atoms with van der Waals surface area (Å²) in [6.07, 6.45) is 2.51. The van der Waals surface area contributed by atoms with Gasteiger partial charge in [0.2, 0.25) is 0 Å². The third-order valence-corrected chi connectivity index (χ3v) is 3.38. The van der Waals surface area contributed by atoms with E-state index >= 15 is 0 Å². The zero-order valence-corrected chi connectivity index (χ0v) is 10.9. The predicted molar refractivity (Wildman–Crippen MR) is 72.5 cm³/mol. The van der Waals surface area contributed by atoms with E-state index in [1.54, 1.807) is 0 Å². The van der Waals surface area contributed by atoms with Crippen molar-refractivity contribution in [2.75, 3.05) is 20.1 Å². The van der Waals surface area contributed by atoms with E-state index in [1.807, 2.05) is 31.3 Å². The highest BCUT2D eigenvalue weighted by atomic mass is 35.5. The van der Waals surface area contributed by atoms with E-state index in [2.05, 4.69) is 15.2 Å². The molecule has 1 saturated heterocycles. The summed E-state index contributed by atoms with van der Waals surface area (Å²) >= 11 is 6.12. The van der Waals surface area contributed by atoms with Gasteiger partial charge in [0.05, 0.1) is 0 Å². The third-order valence-electron chi connectivity index (χ3n) is 3.01. The van der Waals surface area contributed by atoms with Gasteiger partial charge in [-0.05, 0) is 24.5 Å². The molecule has 0 bridgehead atoms. The molecule has 1 fully saturated rings. The molecule has 1 aromatic carbocycles. The number of nitrogens with zero attached hydrogens (tertiary/aromatic N) is 2. The number of nitrogens with one attached hydrogen (secondary N) is 1. The molecule has 3 nitrogen and oxygen atoms in total.